The van der Waals surface area contributed by atoms with E-state index in [-0.39, 0.29) is 17.9 Å². The number of fused-ring (bicyclic) bond motifs is 1. The SMILES string of the molecule is CN1C(=O)Cc2cc(C(=O)C(=O)O)ccc21. The van der Waals surface area contributed by atoms with Crippen molar-refractivity contribution in [3.63, 3.8) is 0 Å². The maximum atomic E-state index is 11.4. The highest BCUT2D eigenvalue weighted by atomic mass is 16.4. The van der Waals surface area contributed by atoms with Crippen molar-refractivity contribution < 1.29 is 19.5 Å². The monoisotopic (exact) mass is 219 g/mol. The Morgan fingerprint density at radius 2 is 2.06 bits per heavy atom. The summed E-state index contributed by atoms with van der Waals surface area (Å²) >= 11 is 0. The number of carboxylic acid groups (broad SMARTS) is 1. The topological polar surface area (TPSA) is 74.7 Å². The Morgan fingerprint density at radius 3 is 2.69 bits per heavy atom. The van der Waals surface area contributed by atoms with Crippen LogP contribution in [0.1, 0.15) is 15.9 Å². The lowest BCUT2D eigenvalue weighted by molar-refractivity contribution is -0.131. The smallest absolute Gasteiger partial charge is 0.377 e. The van der Waals surface area contributed by atoms with Gasteiger partial charge in [0.15, 0.2) is 0 Å². The number of carbonyl (C=O) groups excluding carboxylic acids is 2. The lowest BCUT2D eigenvalue weighted by atomic mass is 10.1. The van der Waals surface area contributed by atoms with E-state index in [1.807, 2.05) is 0 Å². The van der Waals surface area contributed by atoms with Gasteiger partial charge < -0.3 is 10.0 Å². The molecule has 1 heterocycles. The van der Waals surface area contributed by atoms with Gasteiger partial charge in [-0.1, -0.05) is 0 Å². The number of ketones is 1. The molecule has 0 unspecified atom stereocenters. The van der Waals surface area contributed by atoms with Crippen molar-refractivity contribution in [2.75, 3.05) is 11.9 Å². The first-order chi connectivity index (χ1) is 7.50. The normalized spacial score (nSPS) is 13.8. The number of carbonyl (C=O) groups is 3. The van der Waals surface area contributed by atoms with Gasteiger partial charge in [0.25, 0.3) is 5.78 Å². The van der Waals surface area contributed by atoms with Crippen LogP contribution in [0.2, 0.25) is 0 Å². The molecule has 0 spiro atoms. The fourth-order valence-electron chi connectivity index (χ4n) is 1.73. The number of anilines is 1. The predicted molar refractivity (Wildman–Crippen MR) is 55.5 cm³/mol. The van der Waals surface area contributed by atoms with Crippen molar-refractivity contribution in [1.29, 1.82) is 0 Å². The van der Waals surface area contributed by atoms with Crippen molar-refractivity contribution in [3.8, 4) is 0 Å². The Bertz CT molecular complexity index is 507. The van der Waals surface area contributed by atoms with Gasteiger partial charge in [-0.25, -0.2) is 4.79 Å². The minimum absolute atomic E-state index is 0.0603. The number of rotatable bonds is 2. The molecule has 1 amide bonds. The van der Waals surface area contributed by atoms with E-state index in [1.54, 1.807) is 13.1 Å². The molecule has 5 heteroatoms. The van der Waals surface area contributed by atoms with Crippen LogP contribution in [0.15, 0.2) is 18.2 Å². The van der Waals surface area contributed by atoms with Crippen LogP contribution in [-0.4, -0.2) is 29.8 Å². The molecule has 16 heavy (non-hydrogen) atoms. The summed E-state index contributed by atoms with van der Waals surface area (Å²) in [5.41, 5.74) is 1.53. The van der Waals surface area contributed by atoms with Crippen molar-refractivity contribution >= 4 is 23.3 Å². The third kappa shape index (κ3) is 1.46. The predicted octanol–water partition coefficient (Wildman–Crippen LogP) is 0.473. The molecule has 1 aromatic rings. The van der Waals surface area contributed by atoms with Gasteiger partial charge in [-0.15, -0.1) is 0 Å². The molecule has 0 fully saturated rings. The van der Waals surface area contributed by atoms with E-state index < -0.39 is 11.8 Å². The minimum Gasteiger partial charge on any atom is -0.475 e. The summed E-state index contributed by atoms with van der Waals surface area (Å²) in [5.74, 6) is -2.50. The van der Waals surface area contributed by atoms with E-state index in [9.17, 15) is 14.4 Å². The van der Waals surface area contributed by atoms with Gasteiger partial charge in [-0.05, 0) is 23.8 Å². The Morgan fingerprint density at radius 1 is 1.38 bits per heavy atom. The molecule has 0 aliphatic carbocycles. The van der Waals surface area contributed by atoms with Crippen molar-refractivity contribution in [2.24, 2.45) is 0 Å². The summed E-state index contributed by atoms with van der Waals surface area (Å²) < 4.78 is 0. The molecule has 82 valence electrons. The van der Waals surface area contributed by atoms with Gasteiger partial charge in [-0.2, -0.15) is 0 Å². The summed E-state index contributed by atoms with van der Waals surface area (Å²) in [6, 6.07) is 4.48. The number of benzene rings is 1. The van der Waals surface area contributed by atoms with Crippen LogP contribution < -0.4 is 4.90 Å². The van der Waals surface area contributed by atoms with Gasteiger partial charge in [0, 0.05) is 18.3 Å². The van der Waals surface area contributed by atoms with Gasteiger partial charge in [0.2, 0.25) is 5.91 Å². The third-order valence-corrected chi connectivity index (χ3v) is 2.61. The maximum absolute atomic E-state index is 11.4. The van der Waals surface area contributed by atoms with Crippen LogP contribution in [0.5, 0.6) is 0 Å². The number of amides is 1. The second kappa shape index (κ2) is 3.44. The average molecular weight is 219 g/mol. The molecule has 1 aliphatic heterocycles. The molecule has 0 bridgehead atoms. The summed E-state index contributed by atoms with van der Waals surface area (Å²) in [7, 11) is 1.65. The molecule has 0 radical (unpaired) electrons. The standard InChI is InChI=1S/C11H9NO4/c1-12-8-3-2-6(10(14)11(15)16)4-7(8)5-9(12)13/h2-4H,5H2,1H3,(H,15,16). The molecule has 1 aliphatic rings. The molecular weight excluding hydrogens is 210 g/mol. The molecule has 0 saturated heterocycles. The van der Waals surface area contributed by atoms with Crippen LogP contribution in [-0.2, 0) is 16.0 Å². The molecule has 0 saturated carbocycles. The van der Waals surface area contributed by atoms with Gasteiger partial charge in [-0.3, -0.25) is 9.59 Å². The summed E-state index contributed by atoms with van der Waals surface area (Å²) in [6.45, 7) is 0. The minimum atomic E-state index is -1.49. The number of Topliss-reactive ketones (excluding diaryl/α,β-unsaturated/α-hetero) is 1. The summed E-state index contributed by atoms with van der Waals surface area (Å²) in [5, 5.41) is 8.56. The van der Waals surface area contributed by atoms with Gasteiger partial charge in [0.05, 0.1) is 6.42 Å². The highest BCUT2D eigenvalue weighted by Gasteiger charge is 2.25. The van der Waals surface area contributed by atoms with Crippen molar-refractivity contribution in [2.45, 2.75) is 6.42 Å². The highest BCUT2D eigenvalue weighted by Crippen LogP contribution is 2.28. The fourth-order valence-corrected chi connectivity index (χ4v) is 1.73. The summed E-state index contributed by atoms with van der Waals surface area (Å²) in [6.07, 6.45) is 0.215. The van der Waals surface area contributed by atoms with Gasteiger partial charge in [0.1, 0.15) is 0 Å². The first-order valence-electron chi connectivity index (χ1n) is 4.68. The maximum Gasteiger partial charge on any atom is 0.377 e. The Hall–Kier alpha value is -2.17. The van der Waals surface area contributed by atoms with E-state index >= 15 is 0 Å². The lowest BCUT2D eigenvalue weighted by Crippen LogP contribution is -2.20. The second-order valence-corrected chi connectivity index (χ2v) is 3.61. The molecule has 1 N–H and O–H groups in total. The zero-order valence-corrected chi connectivity index (χ0v) is 8.56. The van der Waals surface area contributed by atoms with Crippen LogP contribution >= 0.6 is 0 Å². The average Bonchev–Trinajstić information content (AvgIpc) is 2.53. The fraction of sp³-hybridized carbons (Fsp3) is 0.182. The first kappa shape index (κ1) is 10.4. The van der Waals surface area contributed by atoms with Gasteiger partial charge >= 0.3 is 5.97 Å². The van der Waals surface area contributed by atoms with E-state index in [0.29, 0.717) is 5.56 Å². The number of carboxylic acids is 1. The van der Waals surface area contributed by atoms with E-state index in [2.05, 4.69) is 0 Å². The largest absolute Gasteiger partial charge is 0.475 e. The molecule has 1 aromatic carbocycles. The lowest BCUT2D eigenvalue weighted by Gasteiger charge is -2.09. The van der Waals surface area contributed by atoms with E-state index in [0.717, 1.165) is 5.69 Å². The molecule has 0 aromatic heterocycles. The van der Waals surface area contributed by atoms with Crippen LogP contribution in [0.25, 0.3) is 0 Å². The van der Waals surface area contributed by atoms with Crippen molar-refractivity contribution in [3.05, 3.63) is 29.3 Å². The number of nitrogens with zero attached hydrogens (tertiary/aromatic N) is 1. The summed E-state index contributed by atoms with van der Waals surface area (Å²) in [4.78, 5) is 34.6. The number of aliphatic carboxylic acids is 1. The number of hydrogen-bond donors (Lipinski definition) is 1. The van der Waals surface area contributed by atoms with Crippen LogP contribution in [0.3, 0.4) is 0 Å². The Kier molecular flexibility index (Phi) is 2.23. The molecule has 0 atom stereocenters. The Balaban J connectivity index is 2.43. The Labute approximate surface area is 91.3 Å². The molecule has 5 nitrogen and oxygen atoms in total. The first-order valence-corrected chi connectivity index (χ1v) is 4.68. The van der Waals surface area contributed by atoms with E-state index in [4.69, 9.17) is 5.11 Å². The molecule has 2 rings (SSSR count). The zero-order valence-electron chi connectivity index (χ0n) is 8.56. The number of hydrogen-bond acceptors (Lipinski definition) is 3. The van der Waals surface area contributed by atoms with Crippen LogP contribution in [0.4, 0.5) is 5.69 Å². The van der Waals surface area contributed by atoms with Crippen molar-refractivity contribution in [1.82, 2.24) is 0 Å². The third-order valence-electron chi connectivity index (χ3n) is 2.61. The second-order valence-electron chi connectivity index (χ2n) is 3.61. The molecular formula is C11H9NO4. The zero-order chi connectivity index (χ0) is 11.9. The quantitative estimate of drug-likeness (QED) is 0.579. The highest BCUT2D eigenvalue weighted by molar-refractivity contribution is 6.40. The van der Waals surface area contributed by atoms with Crippen LogP contribution in [0, 0.1) is 0 Å². The number of likely N-dealkylation sites (N-methyl/N-ethyl adjacent to an activating group) is 1. The van der Waals surface area contributed by atoms with E-state index in [1.165, 1.54) is 17.0 Å².